The Morgan fingerprint density at radius 1 is 1.16 bits per heavy atom. The van der Waals surface area contributed by atoms with E-state index >= 15 is 0 Å². The van der Waals surface area contributed by atoms with Crippen molar-refractivity contribution < 1.29 is 0 Å². The highest BCUT2D eigenvalue weighted by atomic mass is 127. The molecule has 1 atom stereocenters. The molecule has 0 bridgehead atoms. The SMILES string of the molecule is CCNC(=NCC1CN(C)CCN1C)NCCCc1ccccc1.I. The summed E-state index contributed by atoms with van der Waals surface area (Å²) in [5, 5.41) is 6.82. The molecule has 1 aromatic carbocycles. The molecule has 142 valence electrons. The summed E-state index contributed by atoms with van der Waals surface area (Å²) in [6.07, 6.45) is 2.21. The number of nitrogens with one attached hydrogen (secondary N) is 2. The van der Waals surface area contributed by atoms with E-state index in [1.165, 1.54) is 5.56 Å². The zero-order valence-electron chi connectivity index (χ0n) is 15.9. The minimum atomic E-state index is 0. The first kappa shape index (κ1) is 22.2. The molecule has 0 radical (unpaired) electrons. The Labute approximate surface area is 170 Å². The molecular weight excluding hydrogens is 425 g/mol. The first-order chi connectivity index (χ1) is 11.7. The van der Waals surface area contributed by atoms with Crippen molar-refractivity contribution in [1.82, 2.24) is 20.4 Å². The molecule has 1 fully saturated rings. The second-order valence-electron chi connectivity index (χ2n) is 6.63. The molecular formula is C19H34IN5. The second kappa shape index (κ2) is 12.5. The van der Waals surface area contributed by atoms with Crippen LogP contribution in [0.2, 0.25) is 0 Å². The molecule has 1 aromatic rings. The minimum Gasteiger partial charge on any atom is -0.357 e. The van der Waals surface area contributed by atoms with E-state index in [0.717, 1.165) is 58.1 Å². The minimum absolute atomic E-state index is 0. The normalized spacial score (nSPS) is 19.3. The van der Waals surface area contributed by atoms with Crippen molar-refractivity contribution in [3.8, 4) is 0 Å². The van der Waals surface area contributed by atoms with Crippen LogP contribution in [0.1, 0.15) is 18.9 Å². The van der Waals surface area contributed by atoms with Gasteiger partial charge in [-0.3, -0.25) is 9.89 Å². The zero-order chi connectivity index (χ0) is 17.2. The molecule has 0 saturated carbocycles. The van der Waals surface area contributed by atoms with Crippen molar-refractivity contribution in [2.24, 2.45) is 4.99 Å². The molecule has 1 unspecified atom stereocenters. The predicted molar refractivity (Wildman–Crippen MR) is 118 cm³/mol. The summed E-state index contributed by atoms with van der Waals surface area (Å²) in [5.74, 6) is 0.937. The third-order valence-electron chi connectivity index (χ3n) is 4.56. The number of hydrogen-bond donors (Lipinski definition) is 2. The molecule has 0 aliphatic carbocycles. The molecule has 0 amide bonds. The highest BCUT2D eigenvalue weighted by Crippen LogP contribution is 2.06. The quantitative estimate of drug-likeness (QED) is 0.284. The van der Waals surface area contributed by atoms with Crippen LogP contribution in [-0.4, -0.2) is 75.2 Å². The number of aliphatic imine (C=N–C) groups is 1. The Hall–Kier alpha value is -0.860. The molecule has 2 N–H and O–H groups in total. The van der Waals surface area contributed by atoms with Crippen LogP contribution in [0.3, 0.4) is 0 Å². The van der Waals surface area contributed by atoms with Gasteiger partial charge >= 0.3 is 0 Å². The molecule has 1 saturated heterocycles. The van der Waals surface area contributed by atoms with Gasteiger partial charge < -0.3 is 15.5 Å². The summed E-state index contributed by atoms with van der Waals surface area (Å²) in [6.45, 7) is 8.16. The van der Waals surface area contributed by atoms with Crippen molar-refractivity contribution in [3.63, 3.8) is 0 Å². The summed E-state index contributed by atoms with van der Waals surface area (Å²) in [7, 11) is 4.39. The fourth-order valence-corrected chi connectivity index (χ4v) is 2.98. The van der Waals surface area contributed by atoms with E-state index in [4.69, 9.17) is 4.99 Å². The monoisotopic (exact) mass is 459 g/mol. The van der Waals surface area contributed by atoms with Gasteiger partial charge in [0.05, 0.1) is 6.54 Å². The molecule has 1 heterocycles. The molecule has 1 aliphatic rings. The Bertz CT molecular complexity index is 494. The summed E-state index contributed by atoms with van der Waals surface area (Å²) >= 11 is 0. The second-order valence-corrected chi connectivity index (χ2v) is 6.63. The van der Waals surface area contributed by atoms with Gasteiger partial charge in [-0.2, -0.15) is 0 Å². The van der Waals surface area contributed by atoms with E-state index in [-0.39, 0.29) is 24.0 Å². The van der Waals surface area contributed by atoms with E-state index in [0.29, 0.717) is 6.04 Å². The van der Waals surface area contributed by atoms with Gasteiger partial charge in [0, 0.05) is 38.8 Å². The van der Waals surface area contributed by atoms with Crippen LogP contribution in [0, 0.1) is 0 Å². The predicted octanol–water partition coefficient (Wildman–Crippen LogP) is 2.04. The number of piperazine rings is 1. The van der Waals surface area contributed by atoms with Crippen LogP contribution < -0.4 is 10.6 Å². The summed E-state index contributed by atoms with van der Waals surface area (Å²) < 4.78 is 0. The zero-order valence-corrected chi connectivity index (χ0v) is 18.2. The van der Waals surface area contributed by atoms with Crippen molar-refractivity contribution in [1.29, 1.82) is 0 Å². The van der Waals surface area contributed by atoms with Gasteiger partial charge in [-0.15, -0.1) is 24.0 Å². The van der Waals surface area contributed by atoms with Crippen LogP contribution in [0.25, 0.3) is 0 Å². The lowest BCUT2D eigenvalue weighted by atomic mass is 10.1. The van der Waals surface area contributed by atoms with Crippen molar-refractivity contribution in [2.75, 3.05) is 53.4 Å². The smallest absolute Gasteiger partial charge is 0.191 e. The van der Waals surface area contributed by atoms with Crippen LogP contribution >= 0.6 is 24.0 Å². The lowest BCUT2D eigenvalue weighted by Gasteiger charge is -2.36. The Morgan fingerprint density at radius 3 is 2.64 bits per heavy atom. The van der Waals surface area contributed by atoms with Gasteiger partial charge in [0.15, 0.2) is 5.96 Å². The first-order valence-corrected chi connectivity index (χ1v) is 9.14. The van der Waals surface area contributed by atoms with E-state index in [1.807, 2.05) is 0 Å². The Kier molecular flexibility index (Phi) is 11.1. The van der Waals surface area contributed by atoms with Crippen molar-refractivity contribution >= 4 is 29.9 Å². The number of aryl methyl sites for hydroxylation is 1. The lowest BCUT2D eigenvalue weighted by molar-refractivity contribution is 0.119. The third-order valence-corrected chi connectivity index (χ3v) is 4.56. The van der Waals surface area contributed by atoms with E-state index in [9.17, 15) is 0 Å². The highest BCUT2D eigenvalue weighted by molar-refractivity contribution is 14.0. The van der Waals surface area contributed by atoms with Crippen LogP contribution in [0.4, 0.5) is 0 Å². The van der Waals surface area contributed by atoms with Crippen LogP contribution in [-0.2, 0) is 6.42 Å². The van der Waals surface area contributed by atoms with E-state index in [2.05, 4.69) is 71.8 Å². The first-order valence-electron chi connectivity index (χ1n) is 9.14. The maximum Gasteiger partial charge on any atom is 0.191 e. The van der Waals surface area contributed by atoms with E-state index in [1.54, 1.807) is 0 Å². The van der Waals surface area contributed by atoms with Crippen molar-refractivity contribution in [3.05, 3.63) is 35.9 Å². The molecule has 5 nitrogen and oxygen atoms in total. The standard InChI is InChI=1S/C19H33N5.HI/c1-4-20-19(21-12-8-11-17-9-6-5-7-10-17)22-15-18-16-23(2)13-14-24(18)3;/h5-7,9-10,18H,4,8,11-16H2,1-3H3,(H2,20,21,22);1H. The fourth-order valence-electron chi connectivity index (χ4n) is 2.98. The summed E-state index contributed by atoms with van der Waals surface area (Å²) in [4.78, 5) is 9.60. The number of benzene rings is 1. The van der Waals surface area contributed by atoms with Crippen molar-refractivity contribution in [2.45, 2.75) is 25.8 Å². The average molecular weight is 459 g/mol. The topological polar surface area (TPSA) is 42.9 Å². The number of nitrogens with zero attached hydrogens (tertiary/aromatic N) is 3. The van der Waals surface area contributed by atoms with Gasteiger partial charge in [-0.05, 0) is 39.4 Å². The lowest BCUT2D eigenvalue weighted by Crippen LogP contribution is -2.51. The number of halogens is 1. The maximum absolute atomic E-state index is 4.79. The van der Waals surface area contributed by atoms with Crippen LogP contribution in [0.5, 0.6) is 0 Å². The fraction of sp³-hybridized carbons (Fsp3) is 0.632. The van der Waals surface area contributed by atoms with Crippen LogP contribution in [0.15, 0.2) is 35.3 Å². The average Bonchev–Trinajstić information content (AvgIpc) is 2.60. The molecule has 2 rings (SSSR count). The molecule has 6 heteroatoms. The van der Waals surface area contributed by atoms with Gasteiger partial charge in [0.1, 0.15) is 0 Å². The molecule has 0 aromatic heterocycles. The Balaban J connectivity index is 0.00000312. The van der Waals surface area contributed by atoms with E-state index < -0.39 is 0 Å². The number of hydrogen-bond acceptors (Lipinski definition) is 3. The maximum atomic E-state index is 4.79. The Morgan fingerprint density at radius 2 is 1.92 bits per heavy atom. The van der Waals surface area contributed by atoms with Gasteiger partial charge in [0.2, 0.25) is 0 Å². The number of guanidine groups is 1. The largest absolute Gasteiger partial charge is 0.357 e. The third kappa shape index (κ3) is 8.37. The van der Waals surface area contributed by atoms with Gasteiger partial charge in [-0.25, -0.2) is 0 Å². The van der Waals surface area contributed by atoms with Gasteiger partial charge in [0.25, 0.3) is 0 Å². The van der Waals surface area contributed by atoms with Gasteiger partial charge in [-0.1, -0.05) is 30.3 Å². The molecule has 0 spiro atoms. The molecule has 1 aliphatic heterocycles. The number of rotatable bonds is 7. The highest BCUT2D eigenvalue weighted by Gasteiger charge is 2.21. The molecule has 25 heavy (non-hydrogen) atoms. The summed E-state index contributed by atoms with van der Waals surface area (Å²) in [5.41, 5.74) is 1.40. The number of likely N-dealkylation sites (N-methyl/N-ethyl adjacent to an activating group) is 2. The summed E-state index contributed by atoms with van der Waals surface area (Å²) in [6, 6.07) is 11.2.